The van der Waals surface area contributed by atoms with E-state index in [0.717, 1.165) is 17.4 Å². The van der Waals surface area contributed by atoms with Gasteiger partial charge in [-0.1, -0.05) is 37.5 Å². The van der Waals surface area contributed by atoms with Crippen molar-refractivity contribution >= 4 is 6.08 Å². The summed E-state index contributed by atoms with van der Waals surface area (Å²) in [5.41, 5.74) is 1.18. The fourth-order valence-corrected chi connectivity index (χ4v) is 2.53. The lowest BCUT2D eigenvalue weighted by Gasteiger charge is -2.17. The van der Waals surface area contributed by atoms with Crippen LogP contribution in [0.4, 0.5) is 0 Å². The van der Waals surface area contributed by atoms with Crippen molar-refractivity contribution in [1.82, 2.24) is 0 Å². The van der Waals surface area contributed by atoms with E-state index in [0.29, 0.717) is 0 Å². The van der Waals surface area contributed by atoms with Crippen LogP contribution in [-0.4, -0.2) is 14.2 Å². The van der Waals surface area contributed by atoms with Gasteiger partial charge in [-0.15, -0.1) is 0 Å². The first-order valence-corrected chi connectivity index (χ1v) is 6.73. The Morgan fingerprint density at radius 3 is 2.39 bits per heavy atom. The second-order valence-electron chi connectivity index (χ2n) is 4.87. The number of methoxy groups -OCH3 is 2. The van der Waals surface area contributed by atoms with E-state index in [9.17, 15) is 0 Å². The molecule has 0 bridgehead atoms. The predicted molar refractivity (Wildman–Crippen MR) is 75.2 cm³/mol. The SMILES string of the molecule is COc1ccc(/C=C/C2CCCCC2)cc1OC. The minimum Gasteiger partial charge on any atom is -0.493 e. The van der Waals surface area contributed by atoms with Crippen LogP contribution in [0, 0.1) is 5.92 Å². The fraction of sp³-hybridized carbons (Fsp3) is 0.500. The molecule has 0 aliphatic heterocycles. The maximum atomic E-state index is 5.31. The third-order valence-electron chi connectivity index (χ3n) is 3.62. The molecule has 1 saturated carbocycles. The summed E-state index contributed by atoms with van der Waals surface area (Å²) in [5.74, 6) is 2.34. The molecule has 0 unspecified atom stereocenters. The molecule has 18 heavy (non-hydrogen) atoms. The molecule has 0 heterocycles. The third-order valence-corrected chi connectivity index (χ3v) is 3.62. The van der Waals surface area contributed by atoms with Crippen LogP contribution in [0.25, 0.3) is 6.08 Å². The molecule has 1 aliphatic rings. The molecule has 0 atom stereocenters. The summed E-state index contributed by atoms with van der Waals surface area (Å²) in [6.07, 6.45) is 11.4. The Labute approximate surface area is 110 Å². The van der Waals surface area contributed by atoms with Crippen LogP contribution in [-0.2, 0) is 0 Å². The van der Waals surface area contributed by atoms with Gasteiger partial charge < -0.3 is 9.47 Å². The minimum atomic E-state index is 0.756. The number of hydrogen-bond acceptors (Lipinski definition) is 2. The first-order chi connectivity index (χ1) is 8.83. The molecular weight excluding hydrogens is 224 g/mol. The summed E-state index contributed by atoms with van der Waals surface area (Å²) < 4.78 is 10.5. The lowest BCUT2D eigenvalue weighted by Crippen LogP contribution is -2.02. The summed E-state index contributed by atoms with van der Waals surface area (Å²) in [6.45, 7) is 0. The lowest BCUT2D eigenvalue weighted by atomic mass is 9.89. The second-order valence-corrected chi connectivity index (χ2v) is 4.87. The van der Waals surface area contributed by atoms with Gasteiger partial charge in [-0.05, 0) is 36.5 Å². The summed E-state index contributed by atoms with van der Waals surface area (Å²) in [5, 5.41) is 0. The van der Waals surface area contributed by atoms with Crippen LogP contribution in [0.3, 0.4) is 0 Å². The molecule has 1 aromatic carbocycles. The Bertz CT molecular complexity index is 404. The van der Waals surface area contributed by atoms with E-state index in [1.54, 1.807) is 14.2 Å². The molecular formula is C16H22O2. The average molecular weight is 246 g/mol. The Kier molecular flexibility index (Phi) is 4.68. The van der Waals surface area contributed by atoms with Crippen molar-refractivity contribution in [2.45, 2.75) is 32.1 Å². The van der Waals surface area contributed by atoms with Gasteiger partial charge in [0.1, 0.15) is 0 Å². The van der Waals surface area contributed by atoms with Crippen molar-refractivity contribution in [2.24, 2.45) is 5.92 Å². The van der Waals surface area contributed by atoms with E-state index in [1.807, 2.05) is 12.1 Å². The minimum absolute atomic E-state index is 0.756. The van der Waals surface area contributed by atoms with Crippen molar-refractivity contribution in [2.75, 3.05) is 14.2 Å². The Hall–Kier alpha value is -1.44. The van der Waals surface area contributed by atoms with E-state index in [-0.39, 0.29) is 0 Å². The highest BCUT2D eigenvalue weighted by molar-refractivity contribution is 5.56. The van der Waals surface area contributed by atoms with Crippen molar-refractivity contribution < 1.29 is 9.47 Å². The zero-order valence-corrected chi connectivity index (χ0v) is 11.3. The first kappa shape index (κ1) is 13.0. The highest BCUT2D eigenvalue weighted by Crippen LogP contribution is 2.29. The summed E-state index contributed by atoms with van der Waals surface area (Å²) in [7, 11) is 3.34. The van der Waals surface area contributed by atoms with E-state index in [1.165, 1.54) is 37.7 Å². The summed E-state index contributed by atoms with van der Waals surface area (Å²) >= 11 is 0. The van der Waals surface area contributed by atoms with E-state index in [2.05, 4.69) is 18.2 Å². The van der Waals surface area contributed by atoms with Crippen LogP contribution in [0.15, 0.2) is 24.3 Å². The van der Waals surface area contributed by atoms with Crippen molar-refractivity contribution in [3.8, 4) is 11.5 Å². The zero-order chi connectivity index (χ0) is 12.8. The summed E-state index contributed by atoms with van der Waals surface area (Å²) in [4.78, 5) is 0. The maximum Gasteiger partial charge on any atom is 0.161 e. The highest BCUT2D eigenvalue weighted by Gasteiger charge is 2.10. The van der Waals surface area contributed by atoms with Gasteiger partial charge in [0.25, 0.3) is 0 Å². The molecule has 98 valence electrons. The molecule has 2 nitrogen and oxygen atoms in total. The van der Waals surface area contributed by atoms with Gasteiger partial charge in [-0.25, -0.2) is 0 Å². The molecule has 0 spiro atoms. The Morgan fingerprint density at radius 1 is 1.00 bits per heavy atom. The standard InChI is InChI=1S/C16H22O2/c1-17-15-11-10-14(12-16(15)18-2)9-8-13-6-4-3-5-7-13/h8-13H,3-7H2,1-2H3/b9-8+. The Balaban J connectivity index is 2.06. The molecule has 0 saturated heterocycles. The largest absolute Gasteiger partial charge is 0.493 e. The van der Waals surface area contributed by atoms with Gasteiger partial charge in [0.2, 0.25) is 0 Å². The number of allylic oxidation sites excluding steroid dienone is 1. The molecule has 0 radical (unpaired) electrons. The van der Waals surface area contributed by atoms with Gasteiger partial charge in [-0.2, -0.15) is 0 Å². The molecule has 0 N–H and O–H groups in total. The maximum absolute atomic E-state index is 5.31. The molecule has 0 aromatic heterocycles. The zero-order valence-electron chi connectivity index (χ0n) is 11.3. The third kappa shape index (κ3) is 3.28. The molecule has 2 rings (SSSR count). The smallest absolute Gasteiger partial charge is 0.161 e. The molecule has 0 amide bonds. The highest BCUT2D eigenvalue weighted by atomic mass is 16.5. The number of benzene rings is 1. The topological polar surface area (TPSA) is 18.5 Å². The molecule has 1 aliphatic carbocycles. The van der Waals surface area contributed by atoms with Gasteiger partial charge in [0.15, 0.2) is 11.5 Å². The van der Waals surface area contributed by atoms with Crippen molar-refractivity contribution in [1.29, 1.82) is 0 Å². The number of hydrogen-bond donors (Lipinski definition) is 0. The molecule has 2 heteroatoms. The van der Waals surface area contributed by atoms with Crippen LogP contribution >= 0.6 is 0 Å². The van der Waals surface area contributed by atoms with Crippen LogP contribution in [0.2, 0.25) is 0 Å². The predicted octanol–water partition coefficient (Wildman–Crippen LogP) is 4.30. The van der Waals surface area contributed by atoms with Gasteiger partial charge in [-0.3, -0.25) is 0 Å². The monoisotopic (exact) mass is 246 g/mol. The van der Waals surface area contributed by atoms with E-state index in [4.69, 9.17) is 9.47 Å². The van der Waals surface area contributed by atoms with Crippen molar-refractivity contribution in [3.63, 3.8) is 0 Å². The van der Waals surface area contributed by atoms with Crippen molar-refractivity contribution in [3.05, 3.63) is 29.8 Å². The number of rotatable bonds is 4. The van der Waals surface area contributed by atoms with Crippen LogP contribution in [0.1, 0.15) is 37.7 Å². The fourth-order valence-electron chi connectivity index (χ4n) is 2.53. The number of ether oxygens (including phenoxy) is 2. The molecule has 1 aromatic rings. The quantitative estimate of drug-likeness (QED) is 0.788. The molecule has 1 fully saturated rings. The first-order valence-electron chi connectivity index (χ1n) is 6.73. The average Bonchev–Trinajstić information content (AvgIpc) is 2.45. The second kappa shape index (κ2) is 6.48. The van der Waals surface area contributed by atoms with Gasteiger partial charge >= 0.3 is 0 Å². The summed E-state index contributed by atoms with van der Waals surface area (Å²) in [6, 6.07) is 6.05. The van der Waals surface area contributed by atoms with Gasteiger partial charge in [0, 0.05) is 0 Å². The normalized spacial score (nSPS) is 17.0. The van der Waals surface area contributed by atoms with Crippen LogP contribution in [0.5, 0.6) is 11.5 Å². The van der Waals surface area contributed by atoms with Gasteiger partial charge in [0.05, 0.1) is 14.2 Å². The van der Waals surface area contributed by atoms with Crippen LogP contribution < -0.4 is 9.47 Å². The lowest BCUT2D eigenvalue weighted by molar-refractivity contribution is 0.355. The van der Waals surface area contributed by atoms with E-state index < -0.39 is 0 Å². The Morgan fingerprint density at radius 2 is 1.72 bits per heavy atom. The van der Waals surface area contributed by atoms with E-state index >= 15 is 0 Å².